The Morgan fingerprint density at radius 3 is 2.66 bits per heavy atom. The second-order valence-electron chi connectivity index (χ2n) is 9.08. The van der Waals surface area contributed by atoms with Gasteiger partial charge in [-0.3, -0.25) is 9.78 Å². The number of carbonyl (C=O) groups is 1. The third kappa shape index (κ3) is 4.83. The maximum atomic E-state index is 14.6. The molecule has 0 radical (unpaired) electrons. The number of rotatable bonds is 5. The summed E-state index contributed by atoms with van der Waals surface area (Å²) in [4.78, 5) is 21.3. The Labute approximate surface area is 205 Å². The number of aromatic nitrogens is 2. The molecule has 0 aliphatic heterocycles. The summed E-state index contributed by atoms with van der Waals surface area (Å²) in [5.41, 5.74) is -0.295. The highest BCUT2D eigenvalue weighted by atomic mass is 31.0. The molecule has 1 saturated carbocycles. The quantitative estimate of drug-likeness (QED) is 0.458. The highest BCUT2D eigenvalue weighted by Gasteiger charge is 2.45. The fourth-order valence-electron chi connectivity index (χ4n) is 4.95. The van der Waals surface area contributed by atoms with Crippen molar-refractivity contribution in [1.82, 2.24) is 9.97 Å². The van der Waals surface area contributed by atoms with E-state index in [0.717, 1.165) is 11.6 Å². The number of pyridine rings is 2. The number of aliphatic hydroxyl groups is 2. The third-order valence-corrected chi connectivity index (χ3v) is 7.53. The Bertz CT molecular complexity index is 1220. The zero-order chi connectivity index (χ0) is 25.3. The monoisotopic (exact) mass is 499 g/mol. The Kier molecular flexibility index (Phi) is 7.27. The topological polar surface area (TPSA) is 95.3 Å². The van der Waals surface area contributed by atoms with Crippen LogP contribution in [0.5, 0.6) is 0 Å². The molecule has 3 aromatic rings. The number of amides is 1. The van der Waals surface area contributed by atoms with Crippen LogP contribution >= 0.6 is 9.24 Å². The minimum Gasteiger partial charge on any atom is -0.390 e. The van der Waals surface area contributed by atoms with Gasteiger partial charge < -0.3 is 15.5 Å². The van der Waals surface area contributed by atoms with Crippen molar-refractivity contribution in [3.63, 3.8) is 0 Å². The van der Waals surface area contributed by atoms with E-state index in [4.69, 9.17) is 0 Å². The molecule has 2 aromatic heterocycles. The predicted molar refractivity (Wildman–Crippen MR) is 134 cm³/mol. The largest absolute Gasteiger partial charge is 0.390 e. The number of nitrogens with one attached hydrogen (secondary N) is 1. The molecular formula is C26H28F2N3O3P. The molecule has 35 heavy (non-hydrogen) atoms. The molecule has 184 valence electrons. The highest BCUT2D eigenvalue weighted by molar-refractivity contribution is 7.28. The van der Waals surface area contributed by atoms with E-state index < -0.39 is 29.2 Å². The van der Waals surface area contributed by atoms with E-state index in [9.17, 15) is 23.8 Å². The molecule has 9 heteroatoms. The lowest BCUT2D eigenvalue weighted by Crippen LogP contribution is -2.51. The number of hydrogen-bond donors (Lipinski definition) is 3. The van der Waals surface area contributed by atoms with E-state index >= 15 is 0 Å². The van der Waals surface area contributed by atoms with Crippen LogP contribution in [0.2, 0.25) is 0 Å². The summed E-state index contributed by atoms with van der Waals surface area (Å²) in [6.45, 7) is 3.76. The molecule has 1 amide bonds. The van der Waals surface area contributed by atoms with Crippen LogP contribution in [0.25, 0.3) is 11.3 Å². The number of hydrogen-bond acceptors (Lipinski definition) is 5. The van der Waals surface area contributed by atoms with Gasteiger partial charge in [0.25, 0.3) is 5.91 Å². The number of anilines is 1. The van der Waals surface area contributed by atoms with E-state index in [1.807, 2.05) is 13.8 Å². The highest BCUT2D eigenvalue weighted by Crippen LogP contribution is 2.45. The average molecular weight is 499 g/mol. The third-order valence-electron chi connectivity index (χ3n) is 7.05. The van der Waals surface area contributed by atoms with Crippen molar-refractivity contribution in [2.45, 2.75) is 50.7 Å². The van der Waals surface area contributed by atoms with Crippen LogP contribution < -0.4 is 10.6 Å². The van der Waals surface area contributed by atoms with Crippen molar-refractivity contribution in [1.29, 1.82) is 0 Å². The van der Waals surface area contributed by atoms with Gasteiger partial charge in [0.1, 0.15) is 23.0 Å². The number of carbonyl (C=O) groups excluding carboxylic acids is 1. The lowest BCUT2D eigenvalue weighted by molar-refractivity contribution is -0.138. The van der Waals surface area contributed by atoms with Crippen molar-refractivity contribution in [3.8, 4) is 11.3 Å². The molecule has 1 fully saturated rings. The van der Waals surface area contributed by atoms with Crippen LogP contribution in [-0.4, -0.2) is 37.8 Å². The van der Waals surface area contributed by atoms with E-state index in [1.54, 1.807) is 18.3 Å². The average Bonchev–Trinajstić information content (AvgIpc) is 2.83. The van der Waals surface area contributed by atoms with Crippen LogP contribution in [0.3, 0.4) is 0 Å². The fourth-order valence-corrected chi connectivity index (χ4v) is 5.34. The smallest absolute Gasteiger partial charge is 0.274 e. The van der Waals surface area contributed by atoms with Crippen molar-refractivity contribution in [2.24, 2.45) is 5.92 Å². The zero-order valence-electron chi connectivity index (χ0n) is 19.5. The molecule has 1 aliphatic carbocycles. The maximum absolute atomic E-state index is 14.6. The standard InChI is InChI=1S/C26H28F2N3O3P/c1-3-26(34)14(2)11-15(12-22(26)32)16-9-10-29-13-20(16)31-25(33)19-8-7-18(28)24(30-19)23-17(27)5-4-6-21(23)35/h4-10,13-15,22,32,34H,3,11-12,35H2,1-2H3,(H,31,33)/t14-,15+,22+,26+/m1/s1. The molecule has 0 bridgehead atoms. The molecule has 4 rings (SSSR count). The normalized spacial score (nSPS) is 24.3. The zero-order valence-corrected chi connectivity index (χ0v) is 20.7. The van der Waals surface area contributed by atoms with Gasteiger partial charge in [0.05, 0.1) is 23.6 Å². The SMILES string of the molecule is CC[C@]1(O)[C@H](C)C[C@H](c2ccncc2NC(=O)c2ccc(F)c(-c3c(F)cccc3P)n2)C[C@@H]1O. The van der Waals surface area contributed by atoms with Gasteiger partial charge in [-0.05, 0) is 66.2 Å². The minimum atomic E-state index is -1.15. The van der Waals surface area contributed by atoms with Gasteiger partial charge in [-0.25, -0.2) is 13.8 Å². The summed E-state index contributed by atoms with van der Waals surface area (Å²) in [6.07, 6.45) is 3.62. The molecule has 0 spiro atoms. The number of benzene rings is 1. The first-order chi connectivity index (χ1) is 16.7. The molecular weight excluding hydrogens is 471 g/mol. The number of nitrogens with zero attached hydrogens (tertiary/aromatic N) is 2. The minimum absolute atomic E-state index is 0.0275. The van der Waals surface area contributed by atoms with Crippen LogP contribution in [-0.2, 0) is 0 Å². The molecule has 6 nitrogen and oxygen atoms in total. The van der Waals surface area contributed by atoms with Gasteiger partial charge in [-0.1, -0.05) is 26.0 Å². The predicted octanol–water partition coefficient (Wildman–Crippen LogP) is 4.19. The van der Waals surface area contributed by atoms with Crippen molar-refractivity contribution in [3.05, 3.63) is 71.7 Å². The molecule has 5 atom stereocenters. The first-order valence-electron chi connectivity index (χ1n) is 11.5. The Morgan fingerprint density at radius 1 is 1.20 bits per heavy atom. The summed E-state index contributed by atoms with van der Waals surface area (Å²) in [6, 6.07) is 8.42. The van der Waals surface area contributed by atoms with Gasteiger partial charge in [-0.2, -0.15) is 0 Å². The summed E-state index contributed by atoms with van der Waals surface area (Å²) in [7, 11) is 2.34. The van der Waals surface area contributed by atoms with Crippen LogP contribution in [0.15, 0.2) is 48.8 Å². The van der Waals surface area contributed by atoms with Crippen LogP contribution in [0.1, 0.15) is 55.1 Å². The maximum Gasteiger partial charge on any atom is 0.274 e. The first kappa shape index (κ1) is 25.3. The van der Waals surface area contributed by atoms with Gasteiger partial charge in [0, 0.05) is 11.8 Å². The Balaban J connectivity index is 1.62. The number of aliphatic hydroxyl groups excluding tert-OH is 1. The first-order valence-corrected chi connectivity index (χ1v) is 12.1. The summed E-state index contributed by atoms with van der Waals surface area (Å²) < 4.78 is 29.0. The number of halogens is 2. The van der Waals surface area contributed by atoms with Crippen molar-refractivity contribution >= 4 is 26.1 Å². The molecule has 3 N–H and O–H groups in total. The second-order valence-corrected chi connectivity index (χ2v) is 9.70. The lowest BCUT2D eigenvalue weighted by Gasteiger charge is -2.45. The summed E-state index contributed by atoms with van der Waals surface area (Å²) in [5.74, 6) is -2.25. The van der Waals surface area contributed by atoms with Crippen molar-refractivity contribution < 1.29 is 23.8 Å². The second kappa shape index (κ2) is 10.1. The summed E-state index contributed by atoms with van der Waals surface area (Å²) >= 11 is 0. The molecule has 1 unspecified atom stereocenters. The molecule has 0 saturated heterocycles. The summed E-state index contributed by atoms with van der Waals surface area (Å²) in [5, 5.41) is 24.7. The molecule has 1 aromatic carbocycles. The fraction of sp³-hybridized carbons (Fsp3) is 0.346. The van der Waals surface area contributed by atoms with Crippen LogP contribution in [0.4, 0.5) is 14.5 Å². The van der Waals surface area contributed by atoms with Crippen LogP contribution in [0, 0.1) is 17.6 Å². The molecule has 1 aliphatic rings. The van der Waals surface area contributed by atoms with E-state index in [2.05, 4.69) is 24.5 Å². The van der Waals surface area contributed by atoms with Gasteiger partial charge >= 0.3 is 0 Å². The van der Waals surface area contributed by atoms with Gasteiger partial charge in [-0.15, -0.1) is 9.24 Å². The Morgan fingerprint density at radius 2 is 1.97 bits per heavy atom. The van der Waals surface area contributed by atoms with E-state index in [-0.39, 0.29) is 28.8 Å². The Hall–Kier alpha value is -2.80. The van der Waals surface area contributed by atoms with E-state index in [1.165, 1.54) is 24.4 Å². The lowest BCUT2D eigenvalue weighted by atomic mass is 9.67. The van der Waals surface area contributed by atoms with E-state index in [0.29, 0.717) is 30.3 Å². The van der Waals surface area contributed by atoms with Gasteiger partial charge in [0.2, 0.25) is 0 Å². The van der Waals surface area contributed by atoms with Crippen molar-refractivity contribution in [2.75, 3.05) is 5.32 Å². The van der Waals surface area contributed by atoms with Gasteiger partial charge in [0.15, 0.2) is 0 Å². The molecule has 2 heterocycles.